The van der Waals surface area contributed by atoms with Crippen molar-refractivity contribution in [2.24, 2.45) is 0 Å². The molecule has 100 valence electrons. The fraction of sp³-hybridized carbons (Fsp3) is 0.250. The van der Waals surface area contributed by atoms with Gasteiger partial charge in [0.2, 0.25) is 0 Å². The van der Waals surface area contributed by atoms with Crippen LogP contribution in [0.4, 0.5) is 5.69 Å². The van der Waals surface area contributed by atoms with E-state index >= 15 is 0 Å². The minimum atomic E-state index is 0.621. The molecule has 19 heavy (non-hydrogen) atoms. The second-order valence-corrected chi connectivity index (χ2v) is 4.39. The van der Waals surface area contributed by atoms with Crippen molar-refractivity contribution in [3.05, 3.63) is 59.7 Å². The predicted octanol–water partition coefficient (Wildman–Crippen LogP) is 3.04. The largest absolute Gasteiger partial charge is 0.497 e. The van der Waals surface area contributed by atoms with Crippen LogP contribution in [0.2, 0.25) is 0 Å². The molecular weight excluding hydrogens is 238 g/mol. The Morgan fingerprint density at radius 2 is 1.53 bits per heavy atom. The third kappa shape index (κ3) is 4.30. The molecule has 0 amide bonds. The molecule has 0 spiro atoms. The second-order valence-electron chi connectivity index (χ2n) is 4.39. The van der Waals surface area contributed by atoms with Gasteiger partial charge in [-0.05, 0) is 41.8 Å². The Balaban J connectivity index is 1.72. The SMILES string of the molecule is COc1ccc(CCOCc2ccc(N)cc2)cc1. The predicted molar refractivity (Wildman–Crippen MR) is 77.2 cm³/mol. The minimum Gasteiger partial charge on any atom is -0.497 e. The molecule has 2 aromatic carbocycles. The summed E-state index contributed by atoms with van der Waals surface area (Å²) in [5.41, 5.74) is 8.80. The number of hydrogen-bond acceptors (Lipinski definition) is 3. The van der Waals surface area contributed by atoms with Crippen LogP contribution < -0.4 is 10.5 Å². The van der Waals surface area contributed by atoms with E-state index in [9.17, 15) is 0 Å². The first-order valence-electron chi connectivity index (χ1n) is 6.33. The van der Waals surface area contributed by atoms with E-state index in [-0.39, 0.29) is 0 Å². The second kappa shape index (κ2) is 6.81. The molecule has 3 heteroatoms. The van der Waals surface area contributed by atoms with Crippen molar-refractivity contribution in [3.8, 4) is 5.75 Å². The molecule has 0 fully saturated rings. The molecule has 0 atom stereocenters. The number of anilines is 1. The molecule has 0 radical (unpaired) electrons. The van der Waals surface area contributed by atoms with E-state index in [0.717, 1.165) is 23.4 Å². The van der Waals surface area contributed by atoms with Crippen LogP contribution in [0.5, 0.6) is 5.75 Å². The molecular formula is C16H19NO2. The minimum absolute atomic E-state index is 0.621. The lowest BCUT2D eigenvalue weighted by Crippen LogP contribution is -1.99. The van der Waals surface area contributed by atoms with Crippen LogP contribution in [-0.2, 0) is 17.8 Å². The molecule has 3 nitrogen and oxygen atoms in total. The maximum absolute atomic E-state index is 5.65. The van der Waals surface area contributed by atoms with E-state index in [4.69, 9.17) is 15.2 Å². The van der Waals surface area contributed by atoms with Crippen LogP contribution in [-0.4, -0.2) is 13.7 Å². The van der Waals surface area contributed by atoms with Crippen LogP contribution in [0.3, 0.4) is 0 Å². The first-order chi connectivity index (χ1) is 9.28. The zero-order valence-electron chi connectivity index (χ0n) is 11.1. The Kier molecular flexibility index (Phi) is 4.81. The summed E-state index contributed by atoms with van der Waals surface area (Å²) in [6, 6.07) is 15.8. The molecule has 0 aliphatic carbocycles. The van der Waals surface area contributed by atoms with Gasteiger partial charge in [0.1, 0.15) is 5.75 Å². The van der Waals surface area contributed by atoms with E-state index in [1.807, 2.05) is 36.4 Å². The Hall–Kier alpha value is -2.00. The average Bonchev–Trinajstić information content (AvgIpc) is 2.46. The van der Waals surface area contributed by atoms with Crippen LogP contribution in [0.25, 0.3) is 0 Å². The van der Waals surface area contributed by atoms with E-state index in [0.29, 0.717) is 13.2 Å². The highest BCUT2D eigenvalue weighted by molar-refractivity contribution is 5.39. The number of hydrogen-bond donors (Lipinski definition) is 1. The third-order valence-electron chi connectivity index (χ3n) is 2.94. The highest BCUT2D eigenvalue weighted by Gasteiger charge is 1.96. The van der Waals surface area contributed by atoms with Gasteiger partial charge in [-0.1, -0.05) is 24.3 Å². The van der Waals surface area contributed by atoms with Gasteiger partial charge in [0.05, 0.1) is 20.3 Å². The number of rotatable bonds is 6. The first kappa shape index (κ1) is 13.4. The number of nitrogens with two attached hydrogens (primary N) is 1. The van der Waals surface area contributed by atoms with E-state index in [2.05, 4.69) is 12.1 Å². The zero-order chi connectivity index (χ0) is 13.5. The van der Waals surface area contributed by atoms with Crippen molar-refractivity contribution < 1.29 is 9.47 Å². The van der Waals surface area contributed by atoms with Gasteiger partial charge in [0, 0.05) is 5.69 Å². The van der Waals surface area contributed by atoms with Gasteiger partial charge in [-0.25, -0.2) is 0 Å². The Labute approximate surface area is 114 Å². The standard InChI is InChI=1S/C16H19NO2/c1-18-16-8-4-13(5-9-16)10-11-19-12-14-2-6-15(17)7-3-14/h2-9H,10-12,17H2,1H3. The van der Waals surface area contributed by atoms with Gasteiger partial charge in [-0.3, -0.25) is 0 Å². The van der Waals surface area contributed by atoms with Gasteiger partial charge >= 0.3 is 0 Å². The summed E-state index contributed by atoms with van der Waals surface area (Å²) in [5, 5.41) is 0. The van der Waals surface area contributed by atoms with Crippen molar-refractivity contribution in [2.45, 2.75) is 13.0 Å². The van der Waals surface area contributed by atoms with Gasteiger partial charge in [-0.15, -0.1) is 0 Å². The molecule has 2 aromatic rings. The summed E-state index contributed by atoms with van der Waals surface area (Å²) in [4.78, 5) is 0. The topological polar surface area (TPSA) is 44.5 Å². The molecule has 0 aromatic heterocycles. The van der Waals surface area contributed by atoms with Crippen molar-refractivity contribution in [2.75, 3.05) is 19.5 Å². The summed E-state index contributed by atoms with van der Waals surface area (Å²) >= 11 is 0. The summed E-state index contributed by atoms with van der Waals surface area (Å²) in [6.07, 6.45) is 0.902. The van der Waals surface area contributed by atoms with E-state index < -0.39 is 0 Å². The molecule has 0 saturated heterocycles. The Morgan fingerprint density at radius 3 is 2.16 bits per heavy atom. The van der Waals surface area contributed by atoms with Crippen LogP contribution in [0.15, 0.2) is 48.5 Å². The third-order valence-corrected chi connectivity index (χ3v) is 2.94. The molecule has 0 saturated carbocycles. The fourth-order valence-corrected chi connectivity index (χ4v) is 1.79. The van der Waals surface area contributed by atoms with Crippen molar-refractivity contribution in [1.82, 2.24) is 0 Å². The normalized spacial score (nSPS) is 10.4. The van der Waals surface area contributed by atoms with Crippen LogP contribution >= 0.6 is 0 Å². The number of benzene rings is 2. The highest BCUT2D eigenvalue weighted by atomic mass is 16.5. The molecule has 2 N–H and O–H groups in total. The molecule has 0 heterocycles. The number of ether oxygens (including phenoxy) is 2. The highest BCUT2D eigenvalue weighted by Crippen LogP contribution is 2.12. The van der Waals surface area contributed by atoms with E-state index in [1.54, 1.807) is 7.11 Å². The van der Waals surface area contributed by atoms with Gasteiger partial charge < -0.3 is 15.2 Å². The molecule has 2 rings (SSSR count). The smallest absolute Gasteiger partial charge is 0.118 e. The van der Waals surface area contributed by atoms with Crippen LogP contribution in [0.1, 0.15) is 11.1 Å². The first-order valence-corrected chi connectivity index (χ1v) is 6.33. The number of methoxy groups -OCH3 is 1. The van der Waals surface area contributed by atoms with Crippen LogP contribution in [0, 0.1) is 0 Å². The quantitative estimate of drug-likeness (QED) is 0.639. The number of nitrogen functional groups attached to an aromatic ring is 1. The van der Waals surface area contributed by atoms with Gasteiger partial charge in [-0.2, -0.15) is 0 Å². The maximum atomic E-state index is 5.65. The van der Waals surface area contributed by atoms with Gasteiger partial charge in [0.15, 0.2) is 0 Å². The lowest BCUT2D eigenvalue weighted by molar-refractivity contribution is 0.124. The Morgan fingerprint density at radius 1 is 0.895 bits per heavy atom. The summed E-state index contributed by atoms with van der Waals surface area (Å²) in [7, 11) is 1.67. The zero-order valence-corrected chi connectivity index (χ0v) is 11.1. The lowest BCUT2D eigenvalue weighted by atomic mass is 10.1. The molecule has 0 aliphatic heterocycles. The fourth-order valence-electron chi connectivity index (χ4n) is 1.79. The summed E-state index contributed by atoms with van der Waals surface area (Å²) in [6.45, 7) is 1.33. The van der Waals surface area contributed by atoms with Crippen molar-refractivity contribution in [3.63, 3.8) is 0 Å². The maximum Gasteiger partial charge on any atom is 0.118 e. The summed E-state index contributed by atoms with van der Waals surface area (Å²) in [5.74, 6) is 0.881. The lowest BCUT2D eigenvalue weighted by Gasteiger charge is -2.06. The van der Waals surface area contributed by atoms with E-state index in [1.165, 1.54) is 5.56 Å². The molecule has 0 bridgehead atoms. The molecule has 0 unspecified atom stereocenters. The van der Waals surface area contributed by atoms with Crippen molar-refractivity contribution in [1.29, 1.82) is 0 Å². The monoisotopic (exact) mass is 257 g/mol. The van der Waals surface area contributed by atoms with Gasteiger partial charge in [0.25, 0.3) is 0 Å². The Bertz CT molecular complexity index is 491. The molecule has 0 aliphatic rings. The average molecular weight is 257 g/mol. The summed E-state index contributed by atoms with van der Waals surface area (Å²) < 4.78 is 10.8. The van der Waals surface area contributed by atoms with Crippen molar-refractivity contribution >= 4 is 5.69 Å².